The molecule has 28 heavy (non-hydrogen) atoms. The molecule has 6 nitrogen and oxygen atoms in total. The summed E-state index contributed by atoms with van der Waals surface area (Å²) in [6.07, 6.45) is 1.50. The van der Waals surface area contributed by atoms with Crippen LogP contribution in [0.15, 0.2) is 59.6 Å². The number of carbonyl (C=O) groups is 1. The lowest BCUT2D eigenvalue weighted by Gasteiger charge is -2.24. The van der Waals surface area contributed by atoms with Gasteiger partial charge in [-0.2, -0.15) is 4.31 Å². The van der Waals surface area contributed by atoms with E-state index in [9.17, 15) is 18.3 Å². The Labute approximate surface area is 169 Å². The highest BCUT2D eigenvalue weighted by atomic mass is 35.5. The van der Waals surface area contributed by atoms with Gasteiger partial charge < -0.3 is 9.67 Å². The largest absolute Gasteiger partial charge is 0.390 e. The Bertz CT molecular complexity index is 1080. The highest BCUT2D eigenvalue weighted by Gasteiger charge is 2.25. The Balaban J connectivity index is 1.80. The number of hydrogen-bond acceptors (Lipinski definition) is 4. The quantitative estimate of drug-likeness (QED) is 0.567. The summed E-state index contributed by atoms with van der Waals surface area (Å²) in [5, 5.41) is 11.8. The van der Waals surface area contributed by atoms with Crippen molar-refractivity contribution >= 4 is 38.8 Å². The van der Waals surface area contributed by atoms with Crippen LogP contribution in [0, 0.1) is 0 Å². The lowest BCUT2D eigenvalue weighted by atomic mass is 10.2. The zero-order valence-electron chi connectivity index (χ0n) is 15.3. The lowest BCUT2D eigenvalue weighted by molar-refractivity contribution is 0.112. The van der Waals surface area contributed by atoms with Gasteiger partial charge in [-0.15, -0.1) is 0 Å². The summed E-state index contributed by atoms with van der Waals surface area (Å²) in [5.41, 5.74) is 1.34. The van der Waals surface area contributed by atoms with Gasteiger partial charge in [0.1, 0.15) is 0 Å². The summed E-state index contributed by atoms with van der Waals surface area (Å²) in [5.74, 6) is 0. The summed E-state index contributed by atoms with van der Waals surface area (Å²) in [7, 11) is -3.75. The molecule has 0 saturated carbocycles. The number of aldehydes is 1. The van der Waals surface area contributed by atoms with Crippen LogP contribution >= 0.6 is 11.6 Å². The van der Waals surface area contributed by atoms with E-state index in [4.69, 9.17) is 11.6 Å². The molecular weight excluding hydrogens is 400 g/mol. The second-order valence-corrected chi connectivity index (χ2v) is 8.81. The Morgan fingerprint density at radius 1 is 1.18 bits per heavy atom. The van der Waals surface area contributed by atoms with E-state index in [2.05, 4.69) is 0 Å². The van der Waals surface area contributed by atoms with E-state index < -0.39 is 16.1 Å². The minimum absolute atomic E-state index is 0.0651. The summed E-state index contributed by atoms with van der Waals surface area (Å²) in [6.45, 7) is 2.04. The number of aromatic nitrogens is 1. The normalized spacial score (nSPS) is 13.1. The van der Waals surface area contributed by atoms with Gasteiger partial charge >= 0.3 is 0 Å². The molecule has 2 aromatic carbocycles. The average molecular weight is 421 g/mol. The van der Waals surface area contributed by atoms with Crippen molar-refractivity contribution in [3.05, 3.63) is 65.3 Å². The van der Waals surface area contributed by atoms with Crippen LogP contribution in [0.2, 0.25) is 5.02 Å². The second-order valence-electron chi connectivity index (χ2n) is 6.44. The van der Waals surface area contributed by atoms with Crippen LogP contribution in [-0.2, 0) is 16.6 Å². The fourth-order valence-electron chi connectivity index (χ4n) is 3.19. The number of aliphatic hydroxyl groups excluding tert-OH is 1. The summed E-state index contributed by atoms with van der Waals surface area (Å²) in [4.78, 5) is 11.4. The third-order valence-corrected chi connectivity index (χ3v) is 6.78. The highest BCUT2D eigenvalue weighted by Crippen LogP contribution is 2.22. The number of nitrogens with zero attached hydrogens (tertiary/aromatic N) is 2. The van der Waals surface area contributed by atoms with Gasteiger partial charge in [-0.25, -0.2) is 8.42 Å². The van der Waals surface area contributed by atoms with Crippen LogP contribution in [0.25, 0.3) is 10.9 Å². The third-order valence-electron chi connectivity index (χ3n) is 4.57. The van der Waals surface area contributed by atoms with Crippen molar-refractivity contribution in [2.75, 3.05) is 13.1 Å². The molecule has 0 aliphatic heterocycles. The molecule has 148 valence electrons. The first-order valence-electron chi connectivity index (χ1n) is 8.83. The maximum absolute atomic E-state index is 12.8. The highest BCUT2D eigenvalue weighted by molar-refractivity contribution is 7.89. The van der Waals surface area contributed by atoms with Crippen LogP contribution < -0.4 is 0 Å². The number of hydrogen-bond donors (Lipinski definition) is 1. The van der Waals surface area contributed by atoms with Crippen LogP contribution in [0.1, 0.15) is 17.3 Å². The SMILES string of the molecule is CCN(C[C@@H](O)Cn1cc(C=O)c2ccccc21)S(=O)(=O)c1ccc(Cl)cc1. The van der Waals surface area contributed by atoms with Gasteiger partial charge in [-0.05, 0) is 30.3 Å². The molecule has 0 fully saturated rings. The monoisotopic (exact) mass is 420 g/mol. The number of sulfonamides is 1. The van der Waals surface area contributed by atoms with E-state index in [1.807, 2.05) is 24.3 Å². The Morgan fingerprint density at radius 2 is 1.86 bits per heavy atom. The predicted molar refractivity (Wildman–Crippen MR) is 109 cm³/mol. The molecule has 1 heterocycles. The molecule has 8 heteroatoms. The molecule has 0 aliphatic carbocycles. The maximum Gasteiger partial charge on any atom is 0.243 e. The van der Waals surface area contributed by atoms with Gasteiger partial charge in [0.25, 0.3) is 0 Å². The van der Waals surface area contributed by atoms with E-state index >= 15 is 0 Å². The number of rotatable bonds is 8. The van der Waals surface area contributed by atoms with Gasteiger partial charge in [-0.3, -0.25) is 4.79 Å². The number of halogens is 1. The summed E-state index contributed by atoms with van der Waals surface area (Å²) < 4.78 is 28.7. The number of likely N-dealkylation sites (N-methyl/N-ethyl adjacent to an activating group) is 1. The van der Waals surface area contributed by atoms with Gasteiger partial charge in [-0.1, -0.05) is 36.7 Å². The average Bonchev–Trinajstić information content (AvgIpc) is 3.04. The number of fused-ring (bicyclic) bond motifs is 1. The second kappa shape index (κ2) is 8.45. The number of aliphatic hydroxyl groups is 1. The molecule has 3 rings (SSSR count). The molecular formula is C20H21ClN2O4S. The van der Waals surface area contributed by atoms with Gasteiger partial charge in [0.05, 0.1) is 11.0 Å². The van der Waals surface area contributed by atoms with E-state index in [0.717, 1.165) is 17.2 Å². The summed E-state index contributed by atoms with van der Waals surface area (Å²) in [6, 6.07) is 13.3. The molecule has 0 bridgehead atoms. The molecule has 3 aromatic rings. The van der Waals surface area contributed by atoms with E-state index in [-0.39, 0.29) is 24.5 Å². The Kier molecular flexibility index (Phi) is 6.20. The van der Waals surface area contributed by atoms with Crippen molar-refractivity contribution in [3.8, 4) is 0 Å². The molecule has 0 unspecified atom stereocenters. The fourth-order valence-corrected chi connectivity index (χ4v) is 4.81. The number of benzene rings is 2. The number of para-hydroxylation sites is 1. The standard InChI is InChI=1S/C20H21ClN2O4S/c1-2-23(28(26,27)18-9-7-16(21)8-10-18)13-17(25)12-22-11-15(14-24)19-5-3-4-6-20(19)22/h3-11,14,17,25H,2,12-13H2,1H3/t17-/m0/s1. The molecule has 1 atom stereocenters. The van der Waals surface area contributed by atoms with Crippen molar-refractivity contribution in [1.29, 1.82) is 0 Å². The molecule has 0 spiro atoms. The van der Waals surface area contributed by atoms with Crippen molar-refractivity contribution in [3.63, 3.8) is 0 Å². The maximum atomic E-state index is 12.8. The molecule has 0 aliphatic rings. The van der Waals surface area contributed by atoms with Crippen molar-refractivity contribution in [2.24, 2.45) is 0 Å². The Morgan fingerprint density at radius 3 is 2.50 bits per heavy atom. The van der Waals surface area contributed by atoms with Crippen molar-refractivity contribution < 1.29 is 18.3 Å². The summed E-state index contributed by atoms with van der Waals surface area (Å²) >= 11 is 5.84. The molecule has 1 N–H and O–H groups in total. The smallest absolute Gasteiger partial charge is 0.243 e. The zero-order valence-corrected chi connectivity index (χ0v) is 16.9. The minimum atomic E-state index is -3.75. The minimum Gasteiger partial charge on any atom is -0.390 e. The topological polar surface area (TPSA) is 79.6 Å². The van der Waals surface area contributed by atoms with Crippen LogP contribution in [0.4, 0.5) is 0 Å². The number of carbonyl (C=O) groups excluding carboxylic acids is 1. The molecule has 1 aromatic heterocycles. The molecule has 0 radical (unpaired) electrons. The zero-order chi connectivity index (χ0) is 20.3. The molecule has 0 amide bonds. The van der Waals surface area contributed by atoms with Crippen molar-refractivity contribution in [2.45, 2.75) is 24.5 Å². The first-order valence-corrected chi connectivity index (χ1v) is 10.7. The van der Waals surface area contributed by atoms with Crippen LogP contribution in [-0.4, -0.2) is 47.9 Å². The van der Waals surface area contributed by atoms with E-state index in [1.54, 1.807) is 17.7 Å². The fraction of sp³-hybridized carbons (Fsp3) is 0.250. The third kappa shape index (κ3) is 4.12. The molecule has 0 saturated heterocycles. The Hall–Kier alpha value is -2.19. The van der Waals surface area contributed by atoms with Gasteiger partial charge in [0.15, 0.2) is 6.29 Å². The van der Waals surface area contributed by atoms with E-state index in [1.165, 1.54) is 28.6 Å². The van der Waals surface area contributed by atoms with Crippen LogP contribution in [0.5, 0.6) is 0 Å². The lowest BCUT2D eigenvalue weighted by Crippen LogP contribution is -2.38. The first-order chi connectivity index (χ1) is 13.4. The van der Waals surface area contributed by atoms with Gasteiger partial charge in [0, 0.05) is 47.3 Å². The van der Waals surface area contributed by atoms with Crippen LogP contribution in [0.3, 0.4) is 0 Å². The van der Waals surface area contributed by atoms with Crippen molar-refractivity contribution in [1.82, 2.24) is 8.87 Å². The predicted octanol–water partition coefficient (Wildman–Crippen LogP) is 3.18. The van der Waals surface area contributed by atoms with E-state index in [0.29, 0.717) is 10.6 Å². The van der Waals surface area contributed by atoms with Gasteiger partial charge in [0.2, 0.25) is 10.0 Å². The first kappa shape index (κ1) is 20.5.